The first-order valence-electron chi connectivity index (χ1n) is 8.01. The van der Waals surface area contributed by atoms with Crippen LogP contribution < -0.4 is 5.32 Å². The highest BCUT2D eigenvalue weighted by Gasteiger charge is 2.17. The summed E-state index contributed by atoms with van der Waals surface area (Å²) in [7, 11) is 0. The van der Waals surface area contributed by atoms with E-state index in [2.05, 4.69) is 39.4 Å². The lowest BCUT2D eigenvalue weighted by molar-refractivity contribution is -0.117. The molecule has 0 atom stereocenters. The smallest absolute Gasteiger partial charge is 0.263 e. The van der Waals surface area contributed by atoms with E-state index >= 15 is 0 Å². The Morgan fingerprint density at radius 3 is 2.48 bits per heavy atom. The van der Waals surface area contributed by atoms with Gasteiger partial charge >= 0.3 is 0 Å². The summed E-state index contributed by atoms with van der Waals surface area (Å²) in [5.41, 5.74) is 1.49. The Bertz CT molecular complexity index is 581. The van der Waals surface area contributed by atoms with Crippen LogP contribution in [0, 0.1) is 11.3 Å². The second-order valence-corrected chi connectivity index (χ2v) is 6.08. The molecule has 0 aliphatic carbocycles. The minimum Gasteiger partial charge on any atom is -0.374 e. The number of hydrogen-bond acceptors (Lipinski definition) is 4. The van der Waals surface area contributed by atoms with E-state index in [-0.39, 0.29) is 17.5 Å². The fourth-order valence-electron chi connectivity index (χ4n) is 2.55. The van der Waals surface area contributed by atoms with Crippen molar-refractivity contribution in [1.29, 1.82) is 5.26 Å². The van der Waals surface area contributed by atoms with E-state index in [0.717, 1.165) is 32.7 Å². The lowest BCUT2D eigenvalue weighted by Gasteiger charge is -2.34. The second kappa shape index (κ2) is 8.35. The summed E-state index contributed by atoms with van der Waals surface area (Å²) in [4.78, 5) is 16.4. The van der Waals surface area contributed by atoms with Gasteiger partial charge in [0.25, 0.3) is 5.91 Å². The van der Waals surface area contributed by atoms with Gasteiger partial charge in [0.05, 0.1) is 0 Å². The van der Waals surface area contributed by atoms with Gasteiger partial charge in [-0.1, -0.05) is 30.3 Å². The Morgan fingerprint density at radius 2 is 1.91 bits per heavy atom. The standard InChI is InChI=1S/C18H24N4O/c1-15(2)20-18(23)17(12-19)14-22-10-8-21(9-11-22)13-16-6-4-3-5-7-16/h3-7,14-15H,8-11,13H2,1-2H3,(H,20,23)/b17-14-. The lowest BCUT2D eigenvalue weighted by atomic mass is 10.2. The predicted molar refractivity (Wildman–Crippen MR) is 90.3 cm³/mol. The van der Waals surface area contributed by atoms with E-state index in [9.17, 15) is 10.1 Å². The van der Waals surface area contributed by atoms with Crippen LogP contribution in [-0.2, 0) is 11.3 Å². The van der Waals surface area contributed by atoms with Gasteiger partial charge in [-0.05, 0) is 19.4 Å². The van der Waals surface area contributed by atoms with Crippen LogP contribution in [0.1, 0.15) is 19.4 Å². The Kier molecular flexibility index (Phi) is 6.19. The third-order valence-electron chi connectivity index (χ3n) is 3.75. The summed E-state index contributed by atoms with van der Waals surface area (Å²) in [5.74, 6) is -0.297. The minimum absolute atomic E-state index is 0.0296. The second-order valence-electron chi connectivity index (χ2n) is 6.08. The normalized spacial score (nSPS) is 16.3. The maximum atomic E-state index is 11.9. The fourth-order valence-corrected chi connectivity index (χ4v) is 2.55. The Morgan fingerprint density at radius 1 is 1.26 bits per heavy atom. The van der Waals surface area contributed by atoms with Crippen molar-refractivity contribution in [2.45, 2.75) is 26.4 Å². The van der Waals surface area contributed by atoms with Crippen LogP contribution in [0.2, 0.25) is 0 Å². The van der Waals surface area contributed by atoms with Gasteiger partial charge in [-0.25, -0.2) is 0 Å². The summed E-state index contributed by atoms with van der Waals surface area (Å²) in [6, 6.07) is 12.4. The molecule has 1 saturated heterocycles. The van der Waals surface area contributed by atoms with Gasteiger partial charge in [0, 0.05) is 45.0 Å². The molecular formula is C18H24N4O. The molecule has 0 spiro atoms. The van der Waals surface area contributed by atoms with Crippen molar-refractivity contribution in [1.82, 2.24) is 15.1 Å². The fraction of sp³-hybridized carbons (Fsp3) is 0.444. The van der Waals surface area contributed by atoms with Crippen LogP contribution in [0.3, 0.4) is 0 Å². The number of rotatable bonds is 5. The number of hydrogen-bond donors (Lipinski definition) is 1. The molecule has 0 radical (unpaired) electrons. The molecule has 1 amide bonds. The number of carbonyl (C=O) groups excluding carboxylic acids is 1. The number of nitrogens with one attached hydrogen (secondary N) is 1. The first kappa shape index (κ1) is 17.0. The number of benzene rings is 1. The van der Waals surface area contributed by atoms with Crippen molar-refractivity contribution >= 4 is 5.91 Å². The van der Waals surface area contributed by atoms with Gasteiger partial charge in [0.15, 0.2) is 0 Å². The van der Waals surface area contributed by atoms with Gasteiger partial charge in [0.2, 0.25) is 0 Å². The molecule has 1 aliphatic rings. The van der Waals surface area contributed by atoms with Gasteiger partial charge in [-0.3, -0.25) is 9.69 Å². The molecule has 0 unspecified atom stereocenters. The number of amides is 1. The van der Waals surface area contributed by atoms with E-state index in [1.54, 1.807) is 6.20 Å². The molecule has 1 N–H and O–H groups in total. The lowest BCUT2D eigenvalue weighted by Crippen LogP contribution is -2.44. The Hall–Kier alpha value is -2.32. The third kappa shape index (κ3) is 5.42. The topological polar surface area (TPSA) is 59.4 Å². The molecule has 2 rings (SSSR count). The number of nitrogens with zero attached hydrogens (tertiary/aromatic N) is 3. The van der Waals surface area contributed by atoms with E-state index in [1.807, 2.05) is 26.0 Å². The molecule has 5 nitrogen and oxygen atoms in total. The summed E-state index contributed by atoms with van der Waals surface area (Å²) in [6.45, 7) is 8.22. The summed E-state index contributed by atoms with van der Waals surface area (Å²) in [6.07, 6.45) is 1.69. The highest BCUT2D eigenvalue weighted by atomic mass is 16.1. The molecule has 122 valence electrons. The van der Waals surface area contributed by atoms with Crippen LogP contribution in [-0.4, -0.2) is 47.9 Å². The number of nitriles is 1. The van der Waals surface area contributed by atoms with Crippen LogP contribution in [0.4, 0.5) is 0 Å². The Labute approximate surface area is 138 Å². The quantitative estimate of drug-likeness (QED) is 0.664. The van der Waals surface area contributed by atoms with Gasteiger partial charge in [-0.2, -0.15) is 5.26 Å². The molecule has 5 heteroatoms. The van der Waals surface area contributed by atoms with Gasteiger partial charge in [-0.15, -0.1) is 0 Å². The summed E-state index contributed by atoms with van der Waals surface area (Å²) >= 11 is 0. The van der Waals surface area contributed by atoms with Crippen LogP contribution in [0.5, 0.6) is 0 Å². The maximum absolute atomic E-state index is 11.9. The molecule has 0 aromatic heterocycles. The van der Waals surface area contributed by atoms with Gasteiger partial charge in [0.1, 0.15) is 11.6 Å². The summed E-state index contributed by atoms with van der Waals surface area (Å²) in [5, 5.41) is 11.9. The minimum atomic E-state index is -0.297. The molecule has 1 heterocycles. The van der Waals surface area contributed by atoms with Crippen molar-refractivity contribution < 1.29 is 4.79 Å². The molecule has 0 bridgehead atoms. The molecule has 0 saturated carbocycles. The highest BCUT2D eigenvalue weighted by Crippen LogP contribution is 2.09. The van der Waals surface area contributed by atoms with Gasteiger partial charge < -0.3 is 10.2 Å². The number of carbonyl (C=O) groups is 1. The molecular weight excluding hydrogens is 288 g/mol. The molecule has 1 aromatic carbocycles. The average molecular weight is 312 g/mol. The van der Waals surface area contributed by atoms with Crippen LogP contribution >= 0.6 is 0 Å². The average Bonchev–Trinajstić information content (AvgIpc) is 2.54. The van der Waals surface area contributed by atoms with Crippen molar-refractivity contribution in [3.63, 3.8) is 0 Å². The first-order chi connectivity index (χ1) is 11.1. The monoisotopic (exact) mass is 312 g/mol. The van der Waals surface area contributed by atoms with Crippen LogP contribution in [0.15, 0.2) is 42.1 Å². The van der Waals surface area contributed by atoms with Crippen molar-refractivity contribution in [2.24, 2.45) is 0 Å². The maximum Gasteiger partial charge on any atom is 0.263 e. The van der Waals surface area contributed by atoms with E-state index < -0.39 is 0 Å². The zero-order valence-corrected chi connectivity index (χ0v) is 13.8. The number of piperazine rings is 1. The van der Waals surface area contributed by atoms with E-state index in [0.29, 0.717) is 0 Å². The molecule has 1 fully saturated rings. The SMILES string of the molecule is CC(C)NC(=O)/C(C#N)=C\N1CCN(Cc2ccccc2)CC1. The first-order valence-corrected chi connectivity index (χ1v) is 8.01. The van der Waals surface area contributed by atoms with E-state index in [4.69, 9.17) is 0 Å². The molecule has 1 aromatic rings. The third-order valence-corrected chi connectivity index (χ3v) is 3.75. The Balaban J connectivity index is 1.87. The largest absolute Gasteiger partial charge is 0.374 e. The highest BCUT2D eigenvalue weighted by molar-refractivity contribution is 5.97. The summed E-state index contributed by atoms with van der Waals surface area (Å²) < 4.78 is 0. The molecule has 23 heavy (non-hydrogen) atoms. The van der Waals surface area contributed by atoms with Crippen molar-refractivity contribution in [3.05, 3.63) is 47.7 Å². The van der Waals surface area contributed by atoms with E-state index in [1.165, 1.54) is 5.56 Å². The van der Waals surface area contributed by atoms with Crippen LogP contribution in [0.25, 0.3) is 0 Å². The molecule has 1 aliphatic heterocycles. The zero-order valence-electron chi connectivity index (χ0n) is 13.8. The zero-order chi connectivity index (χ0) is 16.7. The van der Waals surface area contributed by atoms with Crippen molar-refractivity contribution in [2.75, 3.05) is 26.2 Å². The predicted octanol–water partition coefficient (Wildman–Crippen LogP) is 1.74. The van der Waals surface area contributed by atoms with Crippen molar-refractivity contribution in [3.8, 4) is 6.07 Å².